The van der Waals surface area contributed by atoms with E-state index in [1.54, 1.807) is 6.07 Å². The number of ether oxygens (including phenoxy) is 1. The fourth-order valence-electron chi connectivity index (χ4n) is 1.45. The highest BCUT2D eigenvalue weighted by Crippen LogP contribution is 2.13. The molecule has 0 bridgehead atoms. The second-order valence-corrected chi connectivity index (χ2v) is 3.40. The number of hydrogen-bond donors (Lipinski definition) is 1. The number of fused-ring (bicyclic) bond motifs is 1. The van der Waals surface area contributed by atoms with Crippen LogP contribution in [0.4, 0.5) is 0 Å². The molecule has 0 amide bonds. The third kappa shape index (κ3) is 2.01. The lowest BCUT2D eigenvalue weighted by atomic mass is 10.2. The molecule has 1 aromatic carbocycles. The van der Waals surface area contributed by atoms with E-state index in [-0.39, 0.29) is 5.56 Å². The fraction of sp³-hybridized carbons (Fsp3) is 0.250. The van der Waals surface area contributed by atoms with E-state index in [1.807, 2.05) is 31.2 Å². The largest absolute Gasteiger partial charge is 0.488 e. The molecule has 0 saturated carbocycles. The Kier molecular flexibility index (Phi) is 2.72. The first kappa shape index (κ1) is 9.77. The molecule has 0 saturated heterocycles. The van der Waals surface area contributed by atoms with Crippen molar-refractivity contribution in [1.29, 1.82) is 0 Å². The lowest BCUT2D eigenvalue weighted by Gasteiger charge is -2.04. The maximum absolute atomic E-state index is 11.6. The normalized spacial score (nSPS) is 10.5. The molecule has 78 valence electrons. The standard InChI is InChI=1S/C12H13NO2/c1-2-7-15-11-8-9-5-3-4-6-10(9)13-12(11)14/h3-6,8H,2,7H2,1H3,(H,13,14). The van der Waals surface area contributed by atoms with Crippen LogP contribution in [0.1, 0.15) is 13.3 Å². The molecule has 3 heteroatoms. The van der Waals surface area contributed by atoms with Gasteiger partial charge in [-0.05, 0) is 18.6 Å². The van der Waals surface area contributed by atoms with Crippen LogP contribution in [0, 0.1) is 0 Å². The van der Waals surface area contributed by atoms with Crippen LogP contribution >= 0.6 is 0 Å². The summed E-state index contributed by atoms with van der Waals surface area (Å²) in [6.07, 6.45) is 0.895. The average molecular weight is 203 g/mol. The van der Waals surface area contributed by atoms with E-state index >= 15 is 0 Å². The Labute approximate surface area is 87.7 Å². The average Bonchev–Trinajstić information content (AvgIpc) is 2.26. The van der Waals surface area contributed by atoms with Crippen LogP contribution in [0.5, 0.6) is 5.75 Å². The van der Waals surface area contributed by atoms with Gasteiger partial charge in [-0.1, -0.05) is 25.1 Å². The van der Waals surface area contributed by atoms with Gasteiger partial charge in [0.05, 0.1) is 6.61 Å². The minimum absolute atomic E-state index is 0.165. The van der Waals surface area contributed by atoms with Crippen molar-refractivity contribution >= 4 is 10.9 Å². The lowest BCUT2D eigenvalue weighted by molar-refractivity contribution is 0.313. The second-order valence-electron chi connectivity index (χ2n) is 3.40. The lowest BCUT2D eigenvalue weighted by Crippen LogP contribution is -2.11. The molecule has 0 aliphatic carbocycles. The molecule has 0 aliphatic rings. The number of benzene rings is 1. The van der Waals surface area contributed by atoms with Gasteiger partial charge in [-0.15, -0.1) is 0 Å². The first-order valence-corrected chi connectivity index (χ1v) is 5.06. The van der Waals surface area contributed by atoms with Gasteiger partial charge in [-0.25, -0.2) is 0 Å². The van der Waals surface area contributed by atoms with Crippen molar-refractivity contribution in [2.45, 2.75) is 13.3 Å². The van der Waals surface area contributed by atoms with Crippen LogP contribution in [0.3, 0.4) is 0 Å². The van der Waals surface area contributed by atoms with Crippen molar-refractivity contribution in [2.75, 3.05) is 6.61 Å². The SMILES string of the molecule is CCCOc1cc2ccccc2[nH]c1=O. The summed E-state index contributed by atoms with van der Waals surface area (Å²) >= 11 is 0. The summed E-state index contributed by atoms with van der Waals surface area (Å²) in [6.45, 7) is 2.58. The molecule has 15 heavy (non-hydrogen) atoms. The summed E-state index contributed by atoms with van der Waals surface area (Å²) in [5.74, 6) is 0.399. The number of nitrogens with one attached hydrogen (secondary N) is 1. The third-order valence-corrected chi connectivity index (χ3v) is 2.18. The number of rotatable bonds is 3. The predicted molar refractivity (Wildman–Crippen MR) is 60.4 cm³/mol. The number of hydrogen-bond acceptors (Lipinski definition) is 2. The summed E-state index contributed by atoms with van der Waals surface area (Å²) in [5.41, 5.74) is 0.675. The zero-order valence-electron chi connectivity index (χ0n) is 8.62. The maximum atomic E-state index is 11.6. The molecule has 0 unspecified atom stereocenters. The zero-order valence-corrected chi connectivity index (χ0v) is 8.62. The molecule has 2 rings (SSSR count). The number of H-pyrrole nitrogens is 1. The topological polar surface area (TPSA) is 42.1 Å². The van der Waals surface area contributed by atoms with Crippen molar-refractivity contribution in [2.24, 2.45) is 0 Å². The van der Waals surface area contributed by atoms with E-state index in [9.17, 15) is 4.79 Å². The minimum Gasteiger partial charge on any atom is -0.488 e. The number of para-hydroxylation sites is 1. The van der Waals surface area contributed by atoms with Gasteiger partial charge >= 0.3 is 0 Å². The summed E-state index contributed by atoms with van der Waals surface area (Å²) in [5, 5.41) is 0.989. The van der Waals surface area contributed by atoms with Gasteiger partial charge in [0.15, 0.2) is 5.75 Å². The highest BCUT2D eigenvalue weighted by molar-refractivity contribution is 5.79. The first-order valence-electron chi connectivity index (χ1n) is 5.06. The Morgan fingerprint density at radius 2 is 2.13 bits per heavy atom. The highest BCUT2D eigenvalue weighted by Gasteiger charge is 2.02. The van der Waals surface area contributed by atoms with Crippen LogP contribution in [0.2, 0.25) is 0 Å². The van der Waals surface area contributed by atoms with Crippen LogP contribution in [-0.4, -0.2) is 11.6 Å². The van der Waals surface area contributed by atoms with Gasteiger partial charge in [0.2, 0.25) is 0 Å². The van der Waals surface area contributed by atoms with Crippen molar-refractivity contribution < 1.29 is 4.74 Å². The van der Waals surface area contributed by atoms with E-state index in [2.05, 4.69) is 4.98 Å². The first-order chi connectivity index (χ1) is 7.31. The van der Waals surface area contributed by atoms with Gasteiger partial charge in [0.25, 0.3) is 5.56 Å². The predicted octanol–water partition coefficient (Wildman–Crippen LogP) is 2.32. The van der Waals surface area contributed by atoms with Crippen LogP contribution < -0.4 is 10.3 Å². The molecule has 0 atom stereocenters. The molecular weight excluding hydrogens is 190 g/mol. The molecule has 0 fully saturated rings. The Morgan fingerprint density at radius 1 is 1.33 bits per heavy atom. The quantitative estimate of drug-likeness (QED) is 0.831. The van der Waals surface area contributed by atoms with Crippen molar-refractivity contribution in [1.82, 2.24) is 4.98 Å². The number of aromatic nitrogens is 1. The van der Waals surface area contributed by atoms with E-state index in [0.717, 1.165) is 17.3 Å². The van der Waals surface area contributed by atoms with Crippen molar-refractivity contribution in [3.63, 3.8) is 0 Å². The van der Waals surface area contributed by atoms with E-state index in [4.69, 9.17) is 4.74 Å². The Morgan fingerprint density at radius 3 is 2.93 bits per heavy atom. The zero-order chi connectivity index (χ0) is 10.7. The summed E-state index contributed by atoms with van der Waals surface area (Å²) in [7, 11) is 0. The fourth-order valence-corrected chi connectivity index (χ4v) is 1.45. The Hall–Kier alpha value is -1.77. The van der Waals surface area contributed by atoms with Gasteiger partial charge in [0, 0.05) is 10.9 Å². The van der Waals surface area contributed by atoms with E-state index in [1.165, 1.54) is 0 Å². The molecule has 1 aromatic heterocycles. The minimum atomic E-state index is -0.165. The molecule has 3 nitrogen and oxygen atoms in total. The summed E-state index contributed by atoms with van der Waals surface area (Å²) < 4.78 is 5.35. The van der Waals surface area contributed by atoms with Gasteiger partial charge < -0.3 is 9.72 Å². The third-order valence-electron chi connectivity index (χ3n) is 2.18. The van der Waals surface area contributed by atoms with Gasteiger partial charge in [-0.2, -0.15) is 0 Å². The number of aromatic amines is 1. The second kappa shape index (κ2) is 4.17. The summed E-state index contributed by atoms with van der Waals surface area (Å²) in [4.78, 5) is 14.3. The van der Waals surface area contributed by atoms with Gasteiger partial charge in [-0.3, -0.25) is 4.79 Å². The summed E-state index contributed by atoms with van der Waals surface area (Å²) in [6, 6.07) is 9.43. The smallest absolute Gasteiger partial charge is 0.290 e. The van der Waals surface area contributed by atoms with E-state index in [0.29, 0.717) is 12.4 Å². The van der Waals surface area contributed by atoms with Crippen LogP contribution in [-0.2, 0) is 0 Å². The Balaban J connectivity index is 2.48. The molecular formula is C12H13NO2. The molecule has 2 aromatic rings. The van der Waals surface area contributed by atoms with Crippen molar-refractivity contribution in [3.8, 4) is 5.75 Å². The molecule has 0 aliphatic heterocycles. The van der Waals surface area contributed by atoms with Crippen LogP contribution in [0.25, 0.3) is 10.9 Å². The maximum Gasteiger partial charge on any atom is 0.290 e. The Bertz CT molecular complexity index is 516. The van der Waals surface area contributed by atoms with Crippen LogP contribution in [0.15, 0.2) is 35.1 Å². The molecule has 0 radical (unpaired) electrons. The monoisotopic (exact) mass is 203 g/mol. The van der Waals surface area contributed by atoms with E-state index < -0.39 is 0 Å². The van der Waals surface area contributed by atoms with Gasteiger partial charge in [0.1, 0.15) is 0 Å². The molecule has 1 heterocycles. The van der Waals surface area contributed by atoms with Crippen molar-refractivity contribution in [3.05, 3.63) is 40.7 Å². The molecule has 1 N–H and O–H groups in total. The number of pyridine rings is 1. The highest BCUT2D eigenvalue weighted by atomic mass is 16.5. The molecule has 0 spiro atoms.